The monoisotopic (exact) mass is 557 g/mol. The molecule has 40 heavy (non-hydrogen) atoms. The van der Waals surface area contributed by atoms with Crippen LogP contribution >= 0.6 is 0 Å². The van der Waals surface area contributed by atoms with Crippen molar-refractivity contribution in [2.24, 2.45) is 0 Å². The third kappa shape index (κ3) is 6.66. The fourth-order valence-corrected chi connectivity index (χ4v) is 5.55. The van der Waals surface area contributed by atoms with Gasteiger partial charge < -0.3 is 24.2 Å². The standard InChI is InChI=1S/C26H36FN9O4/c1-3-39-23-15-29-22(14-30-23)32-25(37)34(2)20-16-36(12-8-19(20)27)24-28-9-6-21(31-24)33-26(38)40-18-7-11-35-10-4-5-17(35)13-18/h6,9,14-15,17-20H,3-5,7-8,10-13,16H2,1-2H3,(H,29,32,37)(H,28,31,33,38)/t17-,18-,19+,20-/m0/s1. The van der Waals surface area contributed by atoms with E-state index < -0.39 is 24.3 Å². The second-order valence-corrected chi connectivity index (χ2v) is 10.3. The van der Waals surface area contributed by atoms with Gasteiger partial charge in [-0.15, -0.1) is 0 Å². The minimum atomic E-state index is -1.24. The zero-order chi connectivity index (χ0) is 28.1. The van der Waals surface area contributed by atoms with Crippen molar-refractivity contribution < 1.29 is 23.5 Å². The molecular formula is C26H36FN9O4. The second-order valence-electron chi connectivity index (χ2n) is 10.3. The Morgan fingerprint density at radius 3 is 2.77 bits per heavy atom. The van der Waals surface area contributed by atoms with Crippen LogP contribution in [0.3, 0.4) is 0 Å². The van der Waals surface area contributed by atoms with Gasteiger partial charge in [-0.05, 0) is 45.2 Å². The van der Waals surface area contributed by atoms with E-state index in [1.54, 1.807) is 11.0 Å². The minimum absolute atomic E-state index is 0.111. The summed E-state index contributed by atoms with van der Waals surface area (Å²) in [5.41, 5.74) is 0. The van der Waals surface area contributed by atoms with Crippen LogP contribution in [-0.2, 0) is 4.74 Å². The summed E-state index contributed by atoms with van der Waals surface area (Å²) in [7, 11) is 1.53. The van der Waals surface area contributed by atoms with Crippen LogP contribution in [0.1, 0.15) is 39.0 Å². The Kier molecular flexibility index (Phi) is 8.72. The van der Waals surface area contributed by atoms with E-state index in [0.29, 0.717) is 36.8 Å². The van der Waals surface area contributed by atoms with Gasteiger partial charge >= 0.3 is 12.1 Å². The Morgan fingerprint density at radius 2 is 1.98 bits per heavy atom. The maximum atomic E-state index is 15.0. The zero-order valence-electron chi connectivity index (χ0n) is 22.8. The first-order valence-corrected chi connectivity index (χ1v) is 13.8. The fraction of sp³-hybridized carbons (Fsp3) is 0.615. The van der Waals surface area contributed by atoms with Gasteiger partial charge in [-0.1, -0.05) is 0 Å². The van der Waals surface area contributed by atoms with Crippen LogP contribution in [0.5, 0.6) is 5.88 Å². The molecule has 0 unspecified atom stereocenters. The van der Waals surface area contributed by atoms with E-state index in [1.165, 1.54) is 37.0 Å². The highest BCUT2D eigenvalue weighted by Gasteiger charge is 2.36. The number of amides is 3. The molecule has 0 aliphatic carbocycles. The van der Waals surface area contributed by atoms with E-state index in [-0.39, 0.29) is 24.9 Å². The molecule has 0 aromatic carbocycles. The van der Waals surface area contributed by atoms with Gasteiger partial charge in [0.25, 0.3) is 0 Å². The van der Waals surface area contributed by atoms with Gasteiger partial charge in [0.05, 0.1) is 25.0 Å². The van der Waals surface area contributed by atoms with Gasteiger partial charge in [0.1, 0.15) is 18.1 Å². The number of carbonyl (C=O) groups is 2. The van der Waals surface area contributed by atoms with Crippen molar-refractivity contribution in [3.05, 3.63) is 24.7 Å². The van der Waals surface area contributed by atoms with E-state index >= 15 is 0 Å². The summed E-state index contributed by atoms with van der Waals surface area (Å²) in [5, 5.41) is 5.34. The molecule has 2 aromatic rings. The van der Waals surface area contributed by atoms with Crippen LogP contribution < -0.4 is 20.3 Å². The smallest absolute Gasteiger partial charge is 0.413 e. The molecule has 5 rings (SSSR count). The first kappa shape index (κ1) is 27.7. The number of likely N-dealkylation sites (N-methyl/N-ethyl adjacent to an activating group) is 1. The minimum Gasteiger partial charge on any atom is -0.477 e. The number of rotatable bonds is 7. The summed E-state index contributed by atoms with van der Waals surface area (Å²) < 4.78 is 25.9. The molecule has 0 bridgehead atoms. The van der Waals surface area contributed by atoms with Crippen LogP contribution in [0.15, 0.2) is 24.7 Å². The fourth-order valence-electron chi connectivity index (χ4n) is 5.55. The number of anilines is 3. The number of halogens is 1. The summed E-state index contributed by atoms with van der Waals surface area (Å²) in [5.74, 6) is 1.21. The molecule has 4 atom stereocenters. The van der Waals surface area contributed by atoms with Gasteiger partial charge in [0.15, 0.2) is 5.82 Å². The normalized spacial score (nSPS) is 24.6. The summed E-state index contributed by atoms with van der Waals surface area (Å²) >= 11 is 0. The quantitative estimate of drug-likeness (QED) is 0.523. The SMILES string of the molecule is CCOc1cnc(NC(=O)N(C)[C@H]2CN(c3nccc(NC(=O)O[C@H]4CCN5CCC[C@H]5C4)n3)CC[C@H]2F)cn1. The Bertz CT molecular complexity index is 1170. The van der Waals surface area contributed by atoms with Crippen molar-refractivity contribution >= 4 is 29.7 Å². The number of alkyl halides is 1. The molecule has 216 valence electrons. The van der Waals surface area contributed by atoms with Crippen LogP contribution in [-0.4, -0.2) is 106 Å². The van der Waals surface area contributed by atoms with Crippen molar-refractivity contribution in [2.75, 3.05) is 55.4 Å². The van der Waals surface area contributed by atoms with Gasteiger partial charge in [-0.25, -0.2) is 28.9 Å². The number of urea groups is 1. The maximum absolute atomic E-state index is 15.0. The van der Waals surface area contributed by atoms with Gasteiger partial charge in [-0.3, -0.25) is 10.6 Å². The number of aromatic nitrogens is 4. The van der Waals surface area contributed by atoms with E-state index in [1.807, 2.05) is 6.92 Å². The Hall–Kier alpha value is -3.81. The average molecular weight is 558 g/mol. The lowest BCUT2D eigenvalue weighted by molar-refractivity contribution is 0.0438. The predicted molar refractivity (Wildman–Crippen MR) is 145 cm³/mol. The molecule has 3 aliphatic heterocycles. The number of nitrogens with zero attached hydrogens (tertiary/aromatic N) is 7. The highest BCUT2D eigenvalue weighted by Crippen LogP contribution is 2.29. The number of nitrogens with one attached hydrogen (secondary N) is 2. The van der Waals surface area contributed by atoms with Crippen molar-refractivity contribution in [2.45, 2.75) is 63.4 Å². The number of carbonyl (C=O) groups excluding carboxylic acids is 2. The third-order valence-electron chi connectivity index (χ3n) is 7.67. The van der Waals surface area contributed by atoms with Crippen LogP contribution in [0.4, 0.5) is 31.6 Å². The van der Waals surface area contributed by atoms with Gasteiger partial charge in [0, 0.05) is 45.3 Å². The lowest BCUT2D eigenvalue weighted by Crippen LogP contribution is -2.55. The summed E-state index contributed by atoms with van der Waals surface area (Å²) in [6.07, 6.45) is 6.65. The van der Waals surface area contributed by atoms with E-state index in [9.17, 15) is 14.0 Å². The molecule has 3 amide bonds. The van der Waals surface area contributed by atoms with E-state index in [2.05, 4.69) is 35.5 Å². The molecule has 5 heterocycles. The first-order chi connectivity index (χ1) is 19.4. The van der Waals surface area contributed by atoms with Crippen LogP contribution in [0.2, 0.25) is 0 Å². The molecule has 13 nitrogen and oxygen atoms in total. The molecular weight excluding hydrogens is 521 g/mol. The Labute approximate surface area is 232 Å². The lowest BCUT2D eigenvalue weighted by atomic mass is 10.00. The molecule has 0 spiro atoms. The molecule has 3 saturated heterocycles. The van der Waals surface area contributed by atoms with Crippen LogP contribution in [0, 0.1) is 0 Å². The highest BCUT2D eigenvalue weighted by atomic mass is 19.1. The average Bonchev–Trinajstić information content (AvgIpc) is 3.42. The Balaban J connectivity index is 1.16. The molecule has 2 aromatic heterocycles. The van der Waals surface area contributed by atoms with E-state index in [0.717, 1.165) is 32.4 Å². The second kappa shape index (κ2) is 12.6. The third-order valence-corrected chi connectivity index (χ3v) is 7.67. The maximum Gasteiger partial charge on any atom is 0.413 e. The summed E-state index contributed by atoms with van der Waals surface area (Å²) in [4.78, 5) is 48.0. The number of hydrogen-bond donors (Lipinski definition) is 2. The molecule has 3 fully saturated rings. The van der Waals surface area contributed by atoms with Gasteiger partial charge in [0.2, 0.25) is 11.8 Å². The molecule has 0 radical (unpaired) electrons. The molecule has 3 aliphatic rings. The number of piperidine rings is 2. The predicted octanol–water partition coefficient (Wildman–Crippen LogP) is 2.92. The largest absolute Gasteiger partial charge is 0.477 e. The number of ether oxygens (including phenoxy) is 2. The molecule has 2 N–H and O–H groups in total. The van der Waals surface area contributed by atoms with Crippen molar-refractivity contribution in [1.82, 2.24) is 29.7 Å². The first-order valence-electron chi connectivity index (χ1n) is 13.8. The zero-order valence-corrected chi connectivity index (χ0v) is 22.8. The van der Waals surface area contributed by atoms with Crippen molar-refractivity contribution in [3.63, 3.8) is 0 Å². The highest BCUT2D eigenvalue weighted by molar-refractivity contribution is 5.88. The van der Waals surface area contributed by atoms with Crippen LogP contribution in [0.25, 0.3) is 0 Å². The number of hydrogen-bond acceptors (Lipinski definition) is 10. The summed E-state index contributed by atoms with van der Waals surface area (Å²) in [6, 6.07) is 0.811. The van der Waals surface area contributed by atoms with E-state index in [4.69, 9.17) is 9.47 Å². The van der Waals surface area contributed by atoms with Crippen molar-refractivity contribution in [3.8, 4) is 5.88 Å². The Morgan fingerprint density at radius 1 is 1.10 bits per heavy atom. The molecule has 0 saturated carbocycles. The topological polar surface area (TPSA) is 138 Å². The van der Waals surface area contributed by atoms with Crippen molar-refractivity contribution in [1.29, 1.82) is 0 Å². The van der Waals surface area contributed by atoms with Gasteiger partial charge in [-0.2, -0.15) is 4.98 Å². The summed E-state index contributed by atoms with van der Waals surface area (Å²) in [6.45, 7) is 4.90. The number of fused-ring (bicyclic) bond motifs is 1. The lowest BCUT2D eigenvalue weighted by Gasteiger charge is -2.39. The molecule has 14 heteroatoms.